The largest absolute Gasteiger partial charge is 0.375 e. The lowest BCUT2D eigenvalue weighted by atomic mass is 10.1. The molecule has 0 aliphatic carbocycles. The zero-order chi connectivity index (χ0) is 14.5. The minimum Gasteiger partial charge on any atom is -0.375 e. The molecule has 0 bridgehead atoms. The molecule has 110 valence electrons. The van der Waals surface area contributed by atoms with E-state index in [1.807, 2.05) is 18.2 Å². The first-order valence-electron chi connectivity index (χ1n) is 7.18. The lowest BCUT2D eigenvalue weighted by molar-refractivity contribution is -0.0248. The number of morpholine rings is 1. The summed E-state index contributed by atoms with van der Waals surface area (Å²) in [6, 6.07) is 11.9. The second-order valence-electron chi connectivity index (χ2n) is 5.15. The number of hydrogen-bond donors (Lipinski definition) is 0. The summed E-state index contributed by atoms with van der Waals surface area (Å²) in [6.07, 6.45) is 3.36. The Bertz CT molecular complexity index is 568. The average molecular weight is 286 g/mol. The highest BCUT2D eigenvalue weighted by molar-refractivity contribution is 5.92. The van der Waals surface area contributed by atoms with Gasteiger partial charge in [0.15, 0.2) is 5.69 Å². The van der Waals surface area contributed by atoms with Crippen LogP contribution in [0.5, 0.6) is 0 Å². The van der Waals surface area contributed by atoms with E-state index >= 15 is 0 Å². The fourth-order valence-electron chi connectivity index (χ4n) is 2.54. The van der Waals surface area contributed by atoms with Crippen molar-refractivity contribution in [3.05, 3.63) is 53.9 Å². The first-order valence-corrected chi connectivity index (χ1v) is 7.18. The van der Waals surface area contributed by atoms with Crippen LogP contribution < -0.4 is 0 Å². The summed E-state index contributed by atoms with van der Waals surface area (Å²) >= 11 is 0. The third kappa shape index (κ3) is 3.49. The summed E-state index contributed by atoms with van der Waals surface area (Å²) in [7, 11) is 0. The van der Waals surface area contributed by atoms with Gasteiger partial charge in [0.05, 0.1) is 12.7 Å². The zero-order valence-electron chi connectivity index (χ0n) is 11.8. The first-order chi connectivity index (χ1) is 10.3. The van der Waals surface area contributed by atoms with Crippen LogP contribution in [0.1, 0.15) is 22.5 Å². The SMILES string of the molecule is O=C(c1ccon1)N1CCO[C@H](CCc2ccccc2)C1. The van der Waals surface area contributed by atoms with Crippen molar-refractivity contribution in [1.29, 1.82) is 0 Å². The Labute approximate surface area is 123 Å². The van der Waals surface area contributed by atoms with Gasteiger partial charge in [-0.1, -0.05) is 35.5 Å². The Kier molecular flexibility index (Phi) is 4.31. The van der Waals surface area contributed by atoms with Crippen LogP contribution in [0.25, 0.3) is 0 Å². The third-order valence-electron chi connectivity index (χ3n) is 3.68. The highest BCUT2D eigenvalue weighted by Crippen LogP contribution is 2.14. The maximum atomic E-state index is 12.2. The predicted molar refractivity (Wildman–Crippen MR) is 76.9 cm³/mol. The van der Waals surface area contributed by atoms with Crippen LogP contribution in [-0.2, 0) is 11.2 Å². The van der Waals surface area contributed by atoms with E-state index in [4.69, 9.17) is 9.26 Å². The molecule has 0 saturated carbocycles. The molecule has 1 aliphatic heterocycles. The highest BCUT2D eigenvalue weighted by atomic mass is 16.5. The van der Waals surface area contributed by atoms with Crippen molar-refractivity contribution in [3.63, 3.8) is 0 Å². The molecule has 1 aromatic carbocycles. The van der Waals surface area contributed by atoms with Gasteiger partial charge in [-0.3, -0.25) is 4.79 Å². The molecular weight excluding hydrogens is 268 g/mol. The van der Waals surface area contributed by atoms with Crippen molar-refractivity contribution < 1.29 is 14.1 Å². The molecule has 0 N–H and O–H groups in total. The lowest BCUT2D eigenvalue weighted by Gasteiger charge is -2.32. The normalized spacial score (nSPS) is 18.7. The molecule has 2 heterocycles. The monoisotopic (exact) mass is 286 g/mol. The van der Waals surface area contributed by atoms with Gasteiger partial charge in [0.1, 0.15) is 6.26 Å². The fourth-order valence-corrected chi connectivity index (χ4v) is 2.54. The van der Waals surface area contributed by atoms with E-state index in [0.29, 0.717) is 25.4 Å². The Morgan fingerprint density at radius 1 is 1.29 bits per heavy atom. The molecule has 1 amide bonds. The molecule has 1 aliphatic rings. The average Bonchev–Trinajstić information content (AvgIpc) is 3.08. The van der Waals surface area contributed by atoms with Crippen molar-refractivity contribution in [2.75, 3.05) is 19.7 Å². The number of aryl methyl sites for hydroxylation is 1. The molecule has 1 atom stereocenters. The molecule has 1 fully saturated rings. The molecular formula is C16H18N2O3. The Morgan fingerprint density at radius 3 is 2.90 bits per heavy atom. The van der Waals surface area contributed by atoms with E-state index in [2.05, 4.69) is 17.3 Å². The van der Waals surface area contributed by atoms with Crippen LogP contribution in [0.15, 0.2) is 47.2 Å². The third-order valence-corrected chi connectivity index (χ3v) is 3.68. The van der Waals surface area contributed by atoms with E-state index in [0.717, 1.165) is 12.8 Å². The standard InChI is InChI=1S/C16H18N2O3/c19-16(15-8-10-21-17-15)18-9-11-20-14(12-18)7-6-13-4-2-1-3-5-13/h1-5,8,10,14H,6-7,9,11-12H2/t14-/m1/s1. The molecule has 3 rings (SSSR count). The first kappa shape index (κ1) is 13.8. The van der Waals surface area contributed by atoms with Crippen LogP contribution in [0, 0.1) is 0 Å². The van der Waals surface area contributed by atoms with E-state index in [1.165, 1.54) is 11.8 Å². The minimum absolute atomic E-state index is 0.0785. The molecule has 21 heavy (non-hydrogen) atoms. The highest BCUT2D eigenvalue weighted by Gasteiger charge is 2.26. The second kappa shape index (κ2) is 6.54. The van der Waals surface area contributed by atoms with Gasteiger partial charge in [0, 0.05) is 19.2 Å². The molecule has 5 heteroatoms. The number of hydrogen-bond acceptors (Lipinski definition) is 4. The number of rotatable bonds is 4. The maximum absolute atomic E-state index is 12.2. The van der Waals surface area contributed by atoms with Crippen LogP contribution >= 0.6 is 0 Å². The summed E-state index contributed by atoms with van der Waals surface area (Å²) in [6.45, 7) is 1.79. The van der Waals surface area contributed by atoms with Crippen molar-refractivity contribution >= 4 is 5.91 Å². The number of aromatic nitrogens is 1. The molecule has 1 saturated heterocycles. The summed E-state index contributed by atoms with van der Waals surface area (Å²) in [4.78, 5) is 14.0. The van der Waals surface area contributed by atoms with Gasteiger partial charge in [-0.2, -0.15) is 0 Å². The quantitative estimate of drug-likeness (QED) is 0.864. The second-order valence-corrected chi connectivity index (χ2v) is 5.15. The molecule has 1 aromatic heterocycles. The molecule has 2 aromatic rings. The van der Waals surface area contributed by atoms with Crippen LogP contribution in [-0.4, -0.2) is 41.8 Å². The van der Waals surface area contributed by atoms with Crippen molar-refractivity contribution in [2.45, 2.75) is 18.9 Å². The van der Waals surface area contributed by atoms with E-state index in [1.54, 1.807) is 11.0 Å². The zero-order valence-corrected chi connectivity index (χ0v) is 11.8. The number of benzene rings is 1. The van der Waals surface area contributed by atoms with Crippen LogP contribution in [0.3, 0.4) is 0 Å². The van der Waals surface area contributed by atoms with Gasteiger partial charge >= 0.3 is 0 Å². The van der Waals surface area contributed by atoms with Gasteiger partial charge in [0.25, 0.3) is 5.91 Å². The predicted octanol–water partition coefficient (Wildman–Crippen LogP) is 2.15. The summed E-state index contributed by atoms with van der Waals surface area (Å²) in [5, 5.41) is 3.70. The maximum Gasteiger partial charge on any atom is 0.276 e. The topological polar surface area (TPSA) is 55.6 Å². The van der Waals surface area contributed by atoms with Crippen molar-refractivity contribution in [3.8, 4) is 0 Å². The minimum atomic E-state index is -0.0863. The molecule has 0 spiro atoms. The number of carbonyl (C=O) groups excluding carboxylic acids is 1. The van der Waals surface area contributed by atoms with E-state index in [9.17, 15) is 4.79 Å². The number of amides is 1. The number of ether oxygens (including phenoxy) is 1. The van der Waals surface area contributed by atoms with Crippen LogP contribution in [0.2, 0.25) is 0 Å². The Morgan fingerprint density at radius 2 is 2.14 bits per heavy atom. The molecule has 0 unspecified atom stereocenters. The lowest BCUT2D eigenvalue weighted by Crippen LogP contribution is -2.45. The smallest absolute Gasteiger partial charge is 0.276 e. The van der Waals surface area contributed by atoms with Gasteiger partial charge in [-0.05, 0) is 18.4 Å². The van der Waals surface area contributed by atoms with Crippen molar-refractivity contribution in [2.24, 2.45) is 0 Å². The van der Waals surface area contributed by atoms with E-state index in [-0.39, 0.29) is 12.0 Å². The van der Waals surface area contributed by atoms with Crippen molar-refractivity contribution in [1.82, 2.24) is 10.1 Å². The molecule has 5 nitrogen and oxygen atoms in total. The number of nitrogens with zero attached hydrogens (tertiary/aromatic N) is 2. The van der Waals surface area contributed by atoms with Gasteiger partial charge in [-0.25, -0.2) is 0 Å². The Balaban J connectivity index is 1.55. The summed E-state index contributed by atoms with van der Waals surface area (Å²) in [5.74, 6) is -0.0863. The van der Waals surface area contributed by atoms with Gasteiger partial charge in [0.2, 0.25) is 0 Å². The van der Waals surface area contributed by atoms with Gasteiger partial charge in [-0.15, -0.1) is 0 Å². The Hall–Kier alpha value is -2.14. The molecule has 0 radical (unpaired) electrons. The van der Waals surface area contributed by atoms with Crippen LogP contribution in [0.4, 0.5) is 0 Å². The van der Waals surface area contributed by atoms with E-state index < -0.39 is 0 Å². The fraction of sp³-hybridized carbons (Fsp3) is 0.375. The van der Waals surface area contributed by atoms with Gasteiger partial charge < -0.3 is 14.2 Å². The summed E-state index contributed by atoms with van der Waals surface area (Å²) in [5.41, 5.74) is 1.65. The summed E-state index contributed by atoms with van der Waals surface area (Å²) < 4.78 is 10.5. The number of carbonyl (C=O) groups is 1.